The summed E-state index contributed by atoms with van der Waals surface area (Å²) in [6.45, 7) is 7.91. The summed E-state index contributed by atoms with van der Waals surface area (Å²) in [5, 5.41) is 2.18. The third-order valence-electron chi connectivity index (χ3n) is 7.62. The average molecular weight is 553 g/mol. The zero-order valence-electron chi connectivity index (χ0n) is 23.6. The predicted octanol–water partition coefficient (Wildman–Crippen LogP) is 10.8. The summed E-state index contributed by atoms with van der Waals surface area (Å²) >= 11 is 0. The molecule has 0 amide bonds. The van der Waals surface area contributed by atoms with E-state index in [1.165, 1.54) is 0 Å². The van der Waals surface area contributed by atoms with Crippen LogP contribution in [0.25, 0.3) is 72.3 Å². The van der Waals surface area contributed by atoms with Crippen molar-refractivity contribution < 1.29 is 4.42 Å². The van der Waals surface area contributed by atoms with E-state index in [-0.39, 0.29) is 0 Å². The first-order valence-electron chi connectivity index (χ1n) is 14.2. The zero-order valence-corrected chi connectivity index (χ0v) is 23.6. The molecule has 0 aliphatic carbocycles. The average Bonchev–Trinajstić information content (AvgIpc) is 3.45. The molecule has 7 rings (SSSR count). The van der Waals surface area contributed by atoms with Crippen LogP contribution in [0, 0.1) is 0 Å². The highest BCUT2D eigenvalue weighted by Gasteiger charge is 2.15. The number of rotatable bonds is 7. The molecular formula is C40H28N2O. The molecule has 3 heteroatoms. The van der Waals surface area contributed by atoms with E-state index in [0.717, 1.165) is 72.3 Å². The molecule has 7 aromatic rings. The van der Waals surface area contributed by atoms with Gasteiger partial charge in [0.1, 0.15) is 11.2 Å². The number of furan rings is 1. The minimum absolute atomic E-state index is 0.582. The summed E-state index contributed by atoms with van der Waals surface area (Å²) in [4.78, 5) is 10.1. The van der Waals surface area contributed by atoms with Crippen LogP contribution in [0.4, 0.5) is 0 Å². The van der Waals surface area contributed by atoms with Crippen molar-refractivity contribution in [3.05, 3.63) is 165 Å². The minimum Gasteiger partial charge on any atom is -0.456 e. The van der Waals surface area contributed by atoms with Gasteiger partial charge in [-0.25, -0.2) is 9.97 Å². The number of benzene rings is 5. The number of para-hydroxylation sites is 1. The van der Waals surface area contributed by atoms with Gasteiger partial charge < -0.3 is 4.42 Å². The van der Waals surface area contributed by atoms with Crippen molar-refractivity contribution in [3.8, 4) is 44.8 Å². The van der Waals surface area contributed by atoms with E-state index in [2.05, 4.69) is 110 Å². The quantitative estimate of drug-likeness (QED) is 0.185. The van der Waals surface area contributed by atoms with Gasteiger partial charge in [0.2, 0.25) is 0 Å². The molecule has 0 aliphatic heterocycles. The van der Waals surface area contributed by atoms with E-state index in [4.69, 9.17) is 14.4 Å². The lowest BCUT2D eigenvalue weighted by Gasteiger charge is -2.13. The number of nitrogens with zero attached hydrogens (tertiary/aromatic N) is 2. The van der Waals surface area contributed by atoms with Crippen molar-refractivity contribution in [1.29, 1.82) is 0 Å². The molecule has 0 aliphatic rings. The molecule has 0 spiro atoms. The van der Waals surface area contributed by atoms with Gasteiger partial charge in [-0.1, -0.05) is 116 Å². The molecule has 43 heavy (non-hydrogen) atoms. The highest BCUT2D eigenvalue weighted by atomic mass is 16.3. The van der Waals surface area contributed by atoms with E-state index in [1.54, 1.807) is 12.2 Å². The van der Waals surface area contributed by atoms with Crippen LogP contribution in [0.3, 0.4) is 0 Å². The smallest absolute Gasteiger partial charge is 0.160 e. The Balaban J connectivity index is 1.45. The fraction of sp³-hybridized carbons (Fsp3) is 0. The molecule has 0 radical (unpaired) electrons. The SMILES string of the molecule is C=C/C=C(\C=C)c1nc(-c2cc(-c3ccccc3)cc(-c3ccccc3)c2)cc(-c2ccc3c(c2)oc2ccccc23)n1. The second kappa shape index (κ2) is 11.2. The van der Waals surface area contributed by atoms with Crippen LogP contribution < -0.4 is 0 Å². The maximum absolute atomic E-state index is 6.21. The van der Waals surface area contributed by atoms with Crippen molar-refractivity contribution in [1.82, 2.24) is 9.97 Å². The standard InChI is InChI=1S/C40H28N2O/c1-3-13-27(4-2)40-41-36(30-20-21-35-34-18-11-12-19-38(34)43-39(35)25-30)26-37(42-40)33-23-31(28-14-7-5-8-15-28)22-32(24-33)29-16-9-6-10-17-29/h3-26H,1-2H2/b27-13+. The number of hydrogen-bond donors (Lipinski definition) is 0. The molecule has 0 N–H and O–H groups in total. The Labute approximate surface area is 250 Å². The normalized spacial score (nSPS) is 11.6. The Hall–Kier alpha value is -5.80. The summed E-state index contributed by atoms with van der Waals surface area (Å²) in [5.41, 5.74) is 10.6. The lowest BCUT2D eigenvalue weighted by molar-refractivity contribution is 0.669. The van der Waals surface area contributed by atoms with Gasteiger partial charge >= 0.3 is 0 Å². The maximum atomic E-state index is 6.21. The highest BCUT2D eigenvalue weighted by molar-refractivity contribution is 6.05. The molecule has 204 valence electrons. The van der Waals surface area contributed by atoms with E-state index < -0.39 is 0 Å². The predicted molar refractivity (Wildman–Crippen MR) is 179 cm³/mol. The molecule has 0 fully saturated rings. The van der Waals surface area contributed by atoms with Crippen molar-refractivity contribution in [2.45, 2.75) is 0 Å². The van der Waals surface area contributed by atoms with Crippen molar-refractivity contribution >= 4 is 27.5 Å². The van der Waals surface area contributed by atoms with Gasteiger partial charge in [-0.3, -0.25) is 0 Å². The number of fused-ring (bicyclic) bond motifs is 3. The number of allylic oxidation sites excluding steroid dienone is 4. The Morgan fingerprint density at radius 2 is 1.09 bits per heavy atom. The van der Waals surface area contributed by atoms with Crippen LogP contribution in [0.15, 0.2) is 163 Å². The van der Waals surface area contributed by atoms with Gasteiger partial charge in [0.15, 0.2) is 5.82 Å². The monoisotopic (exact) mass is 552 g/mol. The lowest BCUT2D eigenvalue weighted by Crippen LogP contribution is -1.99. The van der Waals surface area contributed by atoms with Crippen LogP contribution in [-0.4, -0.2) is 9.97 Å². The molecule has 0 bridgehead atoms. The molecular weight excluding hydrogens is 524 g/mol. The maximum Gasteiger partial charge on any atom is 0.160 e. The van der Waals surface area contributed by atoms with E-state index in [9.17, 15) is 0 Å². The largest absolute Gasteiger partial charge is 0.456 e. The molecule has 2 heterocycles. The summed E-state index contributed by atoms with van der Waals surface area (Å²) < 4.78 is 6.21. The summed E-state index contributed by atoms with van der Waals surface area (Å²) in [6.07, 6.45) is 5.38. The number of aromatic nitrogens is 2. The molecule has 0 saturated heterocycles. The van der Waals surface area contributed by atoms with Crippen LogP contribution in [0.5, 0.6) is 0 Å². The molecule has 3 nitrogen and oxygen atoms in total. The molecule has 2 aromatic heterocycles. The third kappa shape index (κ3) is 5.09. The fourth-order valence-electron chi connectivity index (χ4n) is 5.49. The first-order valence-corrected chi connectivity index (χ1v) is 14.2. The summed E-state index contributed by atoms with van der Waals surface area (Å²) in [5.74, 6) is 0.582. The Morgan fingerprint density at radius 1 is 0.512 bits per heavy atom. The van der Waals surface area contributed by atoms with Gasteiger partial charge in [0.05, 0.1) is 11.4 Å². The Kier molecular flexibility index (Phi) is 6.82. The molecule has 5 aromatic carbocycles. The van der Waals surface area contributed by atoms with Crippen molar-refractivity contribution in [3.63, 3.8) is 0 Å². The third-order valence-corrected chi connectivity index (χ3v) is 7.62. The summed E-state index contributed by atoms with van der Waals surface area (Å²) in [7, 11) is 0. The van der Waals surface area contributed by atoms with Crippen LogP contribution in [0.2, 0.25) is 0 Å². The molecule has 0 atom stereocenters. The van der Waals surface area contributed by atoms with Crippen molar-refractivity contribution in [2.75, 3.05) is 0 Å². The van der Waals surface area contributed by atoms with Gasteiger partial charge in [0, 0.05) is 27.5 Å². The zero-order chi connectivity index (χ0) is 29.2. The molecule has 0 saturated carbocycles. The Bertz CT molecular complexity index is 2100. The van der Waals surface area contributed by atoms with Crippen LogP contribution in [0.1, 0.15) is 5.82 Å². The second-order valence-corrected chi connectivity index (χ2v) is 10.4. The highest BCUT2D eigenvalue weighted by Crippen LogP contribution is 2.36. The van der Waals surface area contributed by atoms with E-state index in [0.29, 0.717) is 5.82 Å². The van der Waals surface area contributed by atoms with Gasteiger partial charge in [-0.15, -0.1) is 0 Å². The van der Waals surface area contributed by atoms with Gasteiger partial charge in [0.25, 0.3) is 0 Å². The topological polar surface area (TPSA) is 38.9 Å². The first-order chi connectivity index (χ1) is 21.2. The van der Waals surface area contributed by atoms with Crippen molar-refractivity contribution in [2.24, 2.45) is 0 Å². The van der Waals surface area contributed by atoms with Crippen LogP contribution >= 0.6 is 0 Å². The Morgan fingerprint density at radius 3 is 1.74 bits per heavy atom. The van der Waals surface area contributed by atoms with E-state index >= 15 is 0 Å². The first kappa shape index (κ1) is 26.1. The minimum atomic E-state index is 0.582. The lowest BCUT2D eigenvalue weighted by atomic mass is 9.94. The van der Waals surface area contributed by atoms with Crippen LogP contribution in [-0.2, 0) is 0 Å². The van der Waals surface area contributed by atoms with Gasteiger partial charge in [-0.05, 0) is 64.7 Å². The number of hydrogen-bond acceptors (Lipinski definition) is 3. The van der Waals surface area contributed by atoms with Gasteiger partial charge in [-0.2, -0.15) is 0 Å². The second-order valence-electron chi connectivity index (χ2n) is 10.4. The van der Waals surface area contributed by atoms with E-state index in [1.807, 2.05) is 36.4 Å². The fourth-order valence-corrected chi connectivity index (χ4v) is 5.49. The molecule has 0 unspecified atom stereocenters. The summed E-state index contributed by atoms with van der Waals surface area (Å²) in [6, 6.07) is 43.9.